The number of allylic oxidation sites excluding steroid dienone is 1. The molecule has 17 atom stereocenters. The minimum absolute atomic E-state index is 0.0994. The number of carbonyl (C=O) groups excluding carboxylic acids is 1. The molecular weight excluding hydrogens is 536 g/mol. The lowest BCUT2D eigenvalue weighted by molar-refractivity contribution is -0.382. The predicted octanol–water partition coefficient (Wildman–Crippen LogP) is -4.13. The van der Waals surface area contributed by atoms with Crippen LogP contribution in [0.1, 0.15) is 27.2 Å². The van der Waals surface area contributed by atoms with Crippen molar-refractivity contribution in [3.63, 3.8) is 0 Å². The average molecular weight is 575 g/mol. The number of hydrogen-bond acceptors (Lipinski definition) is 14. The predicted molar refractivity (Wildman–Crippen MR) is 127 cm³/mol. The van der Waals surface area contributed by atoms with Crippen molar-refractivity contribution in [2.45, 2.75) is 99.8 Å². The molecule has 1 spiro atoms. The van der Waals surface area contributed by atoms with Gasteiger partial charge in [-0.2, -0.15) is 0 Å². The van der Waals surface area contributed by atoms with Gasteiger partial charge in [0, 0.05) is 17.3 Å². The van der Waals surface area contributed by atoms with Crippen LogP contribution in [-0.2, 0) is 23.7 Å². The summed E-state index contributed by atoms with van der Waals surface area (Å²) in [5.41, 5.74) is -4.70. The minimum atomic E-state index is -2.31. The van der Waals surface area contributed by atoms with Gasteiger partial charge in [-0.1, -0.05) is 25.5 Å². The molecule has 0 radical (unpaired) electrons. The van der Waals surface area contributed by atoms with Gasteiger partial charge >= 0.3 is 5.97 Å². The van der Waals surface area contributed by atoms with Crippen LogP contribution in [0.25, 0.3) is 0 Å². The molecule has 14 heteroatoms. The fraction of sp³-hybridized carbons (Fsp3) is 0.885. The maximum Gasteiger partial charge on any atom is 0.338 e. The van der Waals surface area contributed by atoms with Crippen LogP contribution in [0.5, 0.6) is 0 Å². The number of aliphatic hydroxyl groups excluding tert-OH is 7. The molecule has 226 valence electrons. The van der Waals surface area contributed by atoms with E-state index >= 15 is 0 Å². The Hall–Kier alpha value is -1.27. The molecule has 0 aromatic heterocycles. The molecule has 40 heavy (non-hydrogen) atoms. The summed E-state index contributed by atoms with van der Waals surface area (Å²) in [6.07, 6.45) is -13.8. The number of carbonyl (C=O) groups is 1. The van der Waals surface area contributed by atoms with E-state index in [0.29, 0.717) is 5.57 Å². The van der Waals surface area contributed by atoms with E-state index in [0.717, 1.165) is 0 Å². The van der Waals surface area contributed by atoms with E-state index in [4.69, 9.17) is 18.9 Å². The summed E-state index contributed by atoms with van der Waals surface area (Å²) < 4.78 is 22.9. The lowest BCUT2D eigenvalue weighted by Crippen LogP contribution is -2.84. The zero-order chi connectivity index (χ0) is 29.3. The van der Waals surface area contributed by atoms with Crippen LogP contribution in [0.4, 0.5) is 0 Å². The van der Waals surface area contributed by atoms with Crippen molar-refractivity contribution in [2.24, 2.45) is 28.6 Å². The first-order chi connectivity index (χ1) is 18.6. The highest BCUT2D eigenvalue weighted by atomic mass is 16.7. The Bertz CT molecular complexity index is 1100. The number of aliphatic hydroxyl groups is 9. The van der Waals surface area contributed by atoms with Crippen LogP contribution in [-0.4, -0.2) is 138 Å². The van der Waals surface area contributed by atoms with Gasteiger partial charge in [-0.3, -0.25) is 0 Å². The van der Waals surface area contributed by atoms with Crippen molar-refractivity contribution < 1.29 is 69.7 Å². The van der Waals surface area contributed by atoms with E-state index in [-0.39, 0.29) is 13.0 Å². The molecule has 0 aromatic rings. The molecule has 0 aromatic carbocycles. The van der Waals surface area contributed by atoms with Gasteiger partial charge in [0.25, 0.3) is 0 Å². The van der Waals surface area contributed by atoms with Crippen LogP contribution < -0.4 is 0 Å². The Kier molecular flexibility index (Phi) is 6.40. The minimum Gasteiger partial charge on any atom is -0.460 e. The molecular formula is C26H38O14. The van der Waals surface area contributed by atoms with Crippen LogP contribution in [0.3, 0.4) is 0 Å². The average Bonchev–Trinajstić information content (AvgIpc) is 3.24. The van der Waals surface area contributed by atoms with E-state index in [9.17, 15) is 50.8 Å². The SMILES string of the molecule is CC1=C[C@H](O[C@@H]2O[C@H](CO)[C@@H](O)[C@H](O)[C@H]2O)[C@@H](O)[C@]2(C)[C@H]3[C@@]4(O)OC[C@@]35[C@@H](C[C@@H]12)OC(=O)[C@@H](O)[C@@]5(O)[C@@H](C)[C@H]4O. The van der Waals surface area contributed by atoms with E-state index < -0.39 is 114 Å². The van der Waals surface area contributed by atoms with E-state index in [1.807, 2.05) is 0 Å². The fourth-order valence-corrected chi connectivity index (χ4v) is 9.18. The Morgan fingerprint density at radius 1 is 1.05 bits per heavy atom. The molecule has 3 heterocycles. The second-order valence-electron chi connectivity index (χ2n) is 12.7. The number of esters is 1. The van der Waals surface area contributed by atoms with Gasteiger partial charge in [-0.05, 0) is 19.3 Å². The van der Waals surface area contributed by atoms with Crippen molar-refractivity contribution in [1.82, 2.24) is 0 Å². The summed E-state index contributed by atoms with van der Waals surface area (Å²) in [7, 11) is 0. The first-order valence-corrected chi connectivity index (χ1v) is 13.6. The van der Waals surface area contributed by atoms with Gasteiger partial charge in [0.05, 0.1) is 24.7 Å². The molecule has 2 bridgehead atoms. The van der Waals surface area contributed by atoms with Crippen molar-refractivity contribution in [2.75, 3.05) is 13.2 Å². The van der Waals surface area contributed by atoms with Gasteiger partial charge in [0.15, 0.2) is 18.2 Å². The topological polar surface area (TPSA) is 236 Å². The second kappa shape index (κ2) is 8.88. The van der Waals surface area contributed by atoms with Gasteiger partial charge in [0.1, 0.15) is 48.3 Å². The summed E-state index contributed by atoms with van der Waals surface area (Å²) in [6.45, 7) is 3.71. The highest BCUT2D eigenvalue weighted by molar-refractivity contribution is 5.78. The molecule has 3 aliphatic carbocycles. The molecule has 0 unspecified atom stereocenters. The van der Waals surface area contributed by atoms with Gasteiger partial charge in [-0.25, -0.2) is 4.79 Å². The van der Waals surface area contributed by atoms with Crippen molar-refractivity contribution in [3.8, 4) is 0 Å². The summed E-state index contributed by atoms with van der Waals surface area (Å²) in [5, 5.41) is 98.8. The first kappa shape index (κ1) is 28.8. The zero-order valence-electron chi connectivity index (χ0n) is 22.3. The van der Waals surface area contributed by atoms with E-state index in [1.54, 1.807) is 19.9 Å². The van der Waals surface area contributed by atoms with Crippen molar-refractivity contribution >= 4 is 5.97 Å². The highest BCUT2D eigenvalue weighted by Crippen LogP contribution is 2.74. The monoisotopic (exact) mass is 574 g/mol. The van der Waals surface area contributed by atoms with Crippen molar-refractivity contribution in [3.05, 3.63) is 11.6 Å². The standard InChI is InChI=1S/C26H38O14/c1-8-4-11(38-21-16(30)15(29)14(28)12(6-27)39-21)18(32)23(3)10(8)5-13-24-7-37-26(36,22(23)24)17(31)9(2)25(24,35)19(33)20(34)40-13/h4,9-19,21-22,27-33,35-36H,5-7H2,1-3H3/t9-,10-,11-,12+,13+,14+,15-,16+,17+,18+,19+,21+,22+,23+,24+,25-,26-/m0/s1. The van der Waals surface area contributed by atoms with Crippen LogP contribution in [0.15, 0.2) is 11.6 Å². The summed E-state index contributed by atoms with van der Waals surface area (Å²) in [4.78, 5) is 12.8. The smallest absolute Gasteiger partial charge is 0.338 e. The fourth-order valence-electron chi connectivity index (χ4n) is 9.18. The Morgan fingerprint density at radius 3 is 2.38 bits per heavy atom. The Balaban J connectivity index is 1.45. The third-order valence-electron chi connectivity index (χ3n) is 11.2. The van der Waals surface area contributed by atoms with Gasteiger partial charge < -0.3 is 64.9 Å². The third kappa shape index (κ3) is 3.11. The van der Waals surface area contributed by atoms with Gasteiger partial charge in [-0.15, -0.1) is 0 Å². The number of ether oxygens (including phenoxy) is 4. The summed E-state index contributed by atoms with van der Waals surface area (Å²) >= 11 is 0. The number of fused-ring (bicyclic) bond motifs is 1. The Labute approximate surface area is 229 Å². The van der Waals surface area contributed by atoms with Crippen LogP contribution >= 0.6 is 0 Å². The molecule has 9 N–H and O–H groups in total. The molecule has 14 nitrogen and oxygen atoms in total. The number of hydrogen-bond donors (Lipinski definition) is 9. The second-order valence-corrected chi connectivity index (χ2v) is 12.7. The maximum absolute atomic E-state index is 12.8. The summed E-state index contributed by atoms with van der Waals surface area (Å²) in [6, 6.07) is 0. The van der Waals surface area contributed by atoms with E-state index in [1.165, 1.54) is 6.92 Å². The summed E-state index contributed by atoms with van der Waals surface area (Å²) in [5.74, 6) is -6.46. The molecule has 5 fully saturated rings. The lowest BCUT2D eigenvalue weighted by Gasteiger charge is -2.71. The molecule has 6 rings (SSSR count). The normalized spacial score (nSPS) is 60.9. The van der Waals surface area contributed by atoms with E-state index in [2.05, 4.69) is 0 Å². The molecule has 3 saturated heterocycles. The van der Waals surface area contributed by atoms with Gasteiger partial charge in [0.2, 0.25) is 0 Å². The quantitative estimate of drug-likeness (QED) is 0.115. The first-order valence-electron chi connectivity index (χ1n) is 13.6. The van der Waals surface area contributed by atoms with Crippen LogP contribution in [0, 0.1) is 28.6 Å². The molecule has 0 amide bonds. The Morgan fingerprint density at radius 2 is 1.73 bits per heavy atom. The maximum atomic E-state index is 12.8. The largest absolute Gasteiger partial charge is 0.460 e. The molecule has 2 saturated carbocycles. The zero-order valence-corrected chi connectivity index (χ0v) is 22.3. The molecule has 6 aliphatic rings. The molecule has 3 aliphatic heterocycles. The van der Waals surface area contributed by atoms with Crippen molar-refractivity contribution in [1.29, 1.82) is 0 Å². The number of rotatable bonds is 3. The lowest BCUT2D eigenvalue weighted by atomic mass is 9.36. The third-order valence-corrected chi connectivity index (χ3v) is 11.2. The van der Waals surface area contributed by atoms with Crippen LogP contribution in [0.2, 0.25) is 0 Å². The highest BCUT2D eigenvalue weighted by Gasteiger charge is 2.87.